The van der Waals surface area contributed by atoms with Crippen LogP contribution in [0.3, 0.4) is 0 Å². The zero-order chi connectivity index (χ0) is 19.9. The molecule has 0 saturated carbocycles. The van der Waals surface area contributed by atoms with Gasteiger partial charge < -0.3 is 10.2 Å². The van der Waals surface area contributed by atoms with Crippen LogP contribution >= 0.6 is 23.2 Å². The third kappa shape index (κ3) is 3.78. The Labute approximate surface area is 170 Å². The summed E-state index contributed by atoms with van der Waals surface area (Å²) in [6, 6.07) is 13.4. The van der Waals surface area contributed by atoms with Crippen LogP contribution in [-0.4, -0.2) is 10.2 Å². The van der Waals surface area contributed by atoms with Crippen LogP contribution in [0.5, 0.6) is 11.5 Å². The Kier molecular flexibility index (Phi) is 5.41. The largest absolute Gasteiger partial charge is 0.507 e. The minimum Gasteiger partial charge on any atom is -0.507 e. The van der Waals surface area contributed by atoms with Crippen LogP contribution in [0.1, 0.15) is 44.9 Å². The Hall–Kier alpha value is -2.16. The fourth-order valence-electron chi connectivity index (χ4n) is 3.60. The predicted octanol–water partition coefficient (Wildman–Crippen LogP) is 6.82. The molecule has 140 valence electrons. The molecule has 0 heterocycles. The number of benzene rings is 3. The first-order chi connectivity index (χ1) is 12.7. The summed E-state index contributed by atoms with van der Waals surface area (Å²) in [5.41, 5.74) is 6.22. The minimum atomic E-state index is -0.147. The molecule has 3 rings (SSSR count). The first kappa shape index (κ1) is 19.6. The van der Waals surface area contributed by atoms with E-state index in [-0.39, 0.29) is 5.92 Å². The van der Waals surface area contributed by atoms with Gasteiger partial charge in [0.2, 0.25) is 0 Å². The average Bonchev–Trinajstić information content (AvgIpc) is 2.59. The van der Waals surface area contributed by atoms with Crippen LogP contribution in [0.15, 0.2) is 42.5 Å². The van der Waals surface area contributed by atoms with Gasteiger partial charge in [0.05, 0.1) is 0 Å². The molecule has 0 radical (unpaired) electrons. The summed E-state index contributed by atoms with van der Waals surface area (Å²) in [5.74, 6) is 0.460. The summed E-state index contributed by atoms with van der Waals surface area (Å²) < 4.78 is 0. The third-order valence-electron chi connectivity index (χ3n) is 4.97. The molecule has 4 heteroatoms. The fourth-order valence-corrected chi connectivity index (χ4v) is 4.12. The Morgan fingerprint density at radius 1 is 0.667 bits per heavy atom. The van der Waals surface area contributed by atoms with E-state index in [1.54, 1.807) is 6.07 Å². The van der Waals surface area contributed by atoms with E-state index in [2.05, 4.69) is 0 Å². The van der Waals surface area contributed by atoms with Crippen LogP contribution in [0.2, 0.25) is 10.0 Å². The topological polar surface area (TPSA) is 40.5 Å². The van der Waals surface area contributed by atoms with E-state index in [1.807, 2.05) is 64.1 Å². The molecule has 0 atom stereocenters. The standard InChI is InChI=1S/C23H22Cl2O2/c1-12-7-16(8-13(2)22(12)26)21(19-6-5-18(24)11-20(19)25)17-9-14(3)23(27)15(4)10-17/h5-11,21,26-27H,1-4H3. The van der Waals surface area contributed by atoms with E-state index in [0.29, 0.717) is 21.5 Å². The van der Waals surface area contributed by atoms with Crippen LogP contribution < -0.4 is 0 Å². The first-order valence-corrected chi connectivity index (χ1v) is 9.49. The van der Waals surface area contributed by atoms with E-state index in [9.17, 15) is 10.2 Å². The van der Waals surface area contributed by atoms with Crippen molar-refractivity contribution in [1.29, 1.82) is 0 Å². The molecule has 0 fully saturated rings. The monoisotopic (exact) mass is 400 g/mol. The van der Waals surface area contributed by atoms with Gasteiger partial charge >= 0.3 is 0 Å². The van der Waals surface area contributed by atoms with E-state index in [4.69, 9.17) is 23.2 Å². The highest BCUT2D eigenvalue weighted by atomic mass is 35.5. The highest BCUT2D eigenvalue weighted by Gasteiger charge is 2.22. The van der Waals surface area contributed by atoms with Gasteiger partial charge in [-0.1, -0.05) is 53.5 Å². The Bertz CT molecular complexity index is 921. The lowest BCUT2D eigenvalue weighted by Crippen LogP contribution is -2.06. The molecule has 2 nitrogen and oxygen atoms in total. The first-order valence-electron chi connectivity index (χ1n) is 8.74. The smallest absolute Gasteiger partial charge is 0.121 e. The molecule has 3 aromatic carbocycles. The molecular weight excluding hydrogens is 379 g/mol. The molecule has 0 amide bonds. The summed E-state index contributed by atoms with van der Waals surface area (Å²) in [5, 5.41) is 21.6. The van der Waals surface area contributed by atoms with Gasteiger partial charge in [0.15, 0.2) is 0 Å². The molecule has 0 aliphatic rings. The Morgan fingerprint density at radius 3 is 1.44 bits per heavy atom. The summed E-state index contributed by atoms with van der Waals surface area (Å²) in [7, 11) is 0. The molecule has 0 aliphatic heterocycles. The second-order valence-corrected chi connectivity index (χ2v) is 7.95. The summed E-state index contributed by atoms with van der Waals surface area (Å²) in [4.78, 5) is 0. The SMILES string of the molecule is Cc1cc(C(c2cc(C)c(O)c(C)c2)c2ccc(Cl)cc2Cl)cc(C)c1O. The number of aryl methyl sites for hydroxylation is 4. The number of hydrogen-bond acceptors (Lipinski definition) is 2. The second kappa shape index (κ2) is 7.46. The number of halogens is 2. The van der Waals surface area contributed by atoms with Gasteiger partial charge in [0, 0.05) is 16.0 Å². The van der Waals surface area contributed by atoms with Crippen molar-refractivity contribution >= 4 is 23.2 Å². The van der Waals surface area contributed by atoms with Crippen molar-refractivity contribution < 1.29 is 10.2 Å². The van der Waals surface area contributed by atoms with E-state index >= 15 is 0 Å². The lowest BCUT2D eigenvalue weighted by Gasteiger charge is -2.23. The summed E-state index contributed by atoms with van der Waals surface area (Å²) >= 11 is 12.7. The summed E-state index contributed by atoms with van der Waals surface area (Å²) in [6.07, 6.45) is 0. The van der Waals surface area contributed by atoms with Crippen LogP contribution in [0, 0.1) is 27.7 Å². The average molecular weight is 401 g/mol. The molecule has 3 aromatic rings. The van der Waals surface area contributed by atoms with Crippen molar-refractivity contribution in [3.8, 4) is 11.5 Å². The molecule has 0 unspecified atom stereocenters. The Balaban J connectivity index is 2.30. The van der Waals surface area contributed by atoms with Gasteiger partial charge in [-0.05, 0) is 78.8 Å². The summed E-state index contributed by atoms with van der Waals surface area (Å²) in [6.45, 7) is 7.55. The lowest BCUT2D eigenvalue weighted by molar-refractivity contribution is 0.466. The van der Waals surface area contributed by atoms with Crippen LogP contribution in [0.25, 0.3) is 0 Å². The zero-order valence-electron chi connectivity index (χ0n) is 15.8. The normalized spacial score (nSPS) is 11.2. The highest BCUT2D eigenvalue weighted by Crippen LogP contribution is 2.40. The number of aromatic hydroxyl groups is 2. The van der Waals surface area contributed by atoms with Crippen LogP contribution in [-0.2, 0) is 0 Å². The predicted molar refractivity (Wildman–Crippen MR) is 113 cm³/mol. The molecule has 2 N–H and O–H groups in total. The second-order valence-electron chi connectivity index (χ2n) is 7.11. The van der Waals surface area contributed by atoms with E-state index in [0.717, 1.165) is 38.9 Å². The molecule has 27 heavy (non-hydrogen) atoms. The molecular formula is C23H22Cl2O2. The maximum Gasteiger partial charge on any atom is 0.121 e. The third-order valence-corrected chi connectivity index (χ3v) is 5.53. The van der Waals surface area contributed by atoms with Crippen molar-refractivity contribution in [3.63, 3.8) is 0 Å². The quantitative estimate of drug-likeness (QED) is 0.473. The van der Waals surface area contributed by atoms with Crippen LogP contribution in [0.4, 0.5) is 0 Å². The highest BCUT2D eigenvalue weighted by molar-refractivity contribution is 6.35. The molecule has 0 saturated heterocycles. The van der Waals surface area contributed by atoms with Gasteiger partial charge in [0.1, 0.15) is 11.5 Å². The molecule has 0 spiro atoms. The van der Waals surface area contributed by atoms with Gasteiger partial charge in [-0.25, -0.2) is 0 Å². The van der Waals surface area contributed by atoms with Crippen molar-refractivity contribution in [2.75, 3.05) is 0 Å². The maximum atomic E-state index is 10.2. The lowest BCUT2D eigenvalue weighted by atomic mass is 9.82. The zero-order valence-corrected chi connectivity index (χ0v) is 17.3. The van der Waals surface area contributed by atoms with Gasteiger partial charge in [0.25, 0.3) is 0 Å². The van der Waals surface area contributed by atoms with Gasteiger partial charge in [-0.2, -0.15) is 0 Å². The molecule has 0 aromatic heterocycles. The molecule has 0 bridgehead atoms. The minimum absolute atomic E-state index is 0.147. The maximum absolute atomic E-state index is 10.2. The molecule has 0 aliphatic carbocycles. The number of phenolic OH excluding ortho intramolecular Hbond substituents is 2. The van der Waals surface area contributed by atoms with Gasteiger partial charge in [-0.15, -0.1) is 0 Å². The van der Waals surface area contributed by atoms with Crippen molar-refractivity contribution in [1.82, 2.24) is 0 Å². The number of rotatable bonds is 3. The van der Waals surface area contributed by atoms with E-state index in [1.165, 1.54) is 0 Å². The van der Waals surface area contributed by atoms with Crippen molar-refractivity contribution in [2.45, 2.75) is 33.6 Å². The van der Waals surface area contributed by atoms with E-state index < -0.39 is 0 Å². The van der Waals surface area contributed by atoms with Crippen molar-refractivity contribution in [2.24, 2.45) is 0 Å². The Morgan fingerprint density at radius 2 is 1.07 bits per heavy atom. The number of hydrogen-bond donors (Lipinski definition) is 2. The van der Waals surface area contributed by atoms with Gasteiger partial charge in [-0.3, -0.25) is 0 Å². The number of phenols is 2. The van der Waals surface area contributed by atoms with Crippen molar-refractivity contribution in [3.05, 3.63) is 91.5 Å². The fraction of sp³-hybridized carbons (Fsp3) is 0.217.